The number of rotatable bonds is 8. The van der Waals surface area contributed by atoms with Crippen molar-refractivity contribution in [1.82, 2.24) is 0 Å². The van der Waals surface area contributed by atoms with Crippen molar-refractivity contribution in [3.8, 4) is 17.6 Å². The third-order valence-electron chi connectivity index (χ3n) is 4.57. The van der Waals surface area contributed by atoms with Gasteiger partial charge in [-0.3, -0.25) is 4.79 Å². The van der Waals surface area contributed by atoms with Crippen LogP contribution in [0.5, 0.6) is 11.5 Å². The smallest absolute Gasteiger partial charge is 0.335 e. The number of hydrogen-bond donors (Lipinski definition) is 2. The molecule has 0 aliphatic rings. The van der Waals surface area contributed by atoms with Gasteiger partial charge >= 0.3 is 5.97 Å². The zero-order valence-corrected chi connectivity index (χ0v) is 17.5. The standard InChI is InChI=1S/C25H19FN2O5/c1-32-23-12-16(9-10-22(23)33-15-18-5-2-3-8-21(18)26)11-19(14-27)24(29)28-20-7-4-6-17(13-20)25(30)31/h2-13H,15H2,1H3,(H,28,29)(H,30,31)/b19-11-. The number of carbonyl (C=O) groups is 2. The molecular weight excluding hydrogens is 427 g/mol. The van der Waals surface area contributed by atoms with Crippen molar-refractivity contribution in [2.24, 2.45) is 0 Å². The first kappa shape index (κ1) is 23.0. The van der Waals surface area contributed by atoms with Gasteiger partial charge in [-0.15, -0.1) is 0 Å². The number of carboxylic acid groups (broad SMARTS) is 1. The minimum atomic E-state index is -1.13. The summed E-state index contributed by atoms with van der Waals surface area (Å²) in [5.41, 5.74) is 0.939. The van der Waals surface area contributed by atoms with E-state index >= 15 is 0 Å². The Morgan fingerprint density at radius 3 is 2.58 bits per heavy atom. The van der Waals surface area contributed by atoms with Crippen LogP contribution in [0.15, 0.2) is 72.3 Å². The summed E-state index contributed by atoms with van der Waals surface area (Å²) in [5, 5.41) is 21.0. The van der Waals surface area contributed by atoms with Crippen LogP contribution in [0.3, 0.4) is 0 Å². The fourth-order valence-electron chi connectivity index (χ4n) is 2.91. The highest BCUT2D eigenvalue weighted by molar-refractivity contribution is 6.10. The Morgan fingerprint density at radius 1 is 1.09 bits per heavy atom. The van der Waals surface area contributed by atoms with E-state index in [1.165, 1.54) is 43.5 Å². The lowest BCUT2D eigenvalue weighted by atomic mass is 10.1. The Bertz CT molecular complexity index is 1260. The van der Waals surface area contributed by atoms with Gasteiger partial charge in [0.25, 0.3) is 5.91 Å². The molecule has 0 bridgehead atoms. The molecule has 3 aromatic rings. The molecule has 0 saturated heterocycles. The molecule has 0 aromatic heterocycles. The highest BCUT2D eigenvalue weighted by atomic mass is 19.1. The molecule has 0 atom stereocenters. The normalized spacial score (nSPS) is 10.8. The summed E-state index contributed by atoms with van der Waals surface area (Å²) >= 11 is 0. The van der Waals surface area contributed by atoms with E-state index in [0.29, 0.717) is 22.6 Å². The number of hydrogen-bond acceptors (Lipinski definition) is 5. The van der Waals surface area contributed by atoms with Gasteiger partial charge in [0.2, 0.25) is 0 Å². The second-order valence-electron chi connectivity index (χ2n) is 6.80. The van der Waals surface area contributed by atoms with Crippen LogP contribution in [0, 0.1) is 17.1 Å². The van der Waals surface area contributed by atoms with Crippen LogP contribution >= 0.6 is 0 Å². The summed E-state index contributed by atoms with van der Waals surface area (Å²) in [6, 6.07) is 18.6. The van der Waals surface area contributed by atoms with Crippen molar-refractivity contribution in [1.29, 1.82) is 5.26 Å². The third-order valence-corrected chi connectivity index (χ3v) is 4.57. The molecule has 3 rings (SSSR count). The number of amides is 1. The van der Waals surface area contributed by atoms with Gasteiger partial charge in [-0.1, -0.05) is 30.3 Å². The van der Waals surface area contributed by atoms with Gasteiger partial charge in [-0.05, 0) is 48.0 Å². The number of benzene rings is 3. The largest absolute Gasteiger partial charge is 0.493 e. The van der Waals surface area contributed by atoms with Gasteiger partial charge in [0.15, 0.2) is 11.5 Å². The number of halogens is 1. The molecule has 33 heavy (non-hydrogen) atoms. The topological polar surface area (TPSA) is 109 Å². The molecule has 7 nitrogen and oxygen atoms in total. The SMILES string of the molecule is COc1cc(/C=C(/C#N)C(=O)Nc2cccc(C(=O)O)c2)ccc1OCc1ccccc1F. The number of carboxylic acids is 1. The number of nitrogens with zero attached hydrogens (tertiary/aromatic N) is 1. The maximum Gasteiger partial charge on any atom is 0.335 e. The number of methoxy groups -OCH3 is 1. The molecule has 8 heteroatoms. The number of anilines is 1. The molecule has 0 heterocycles. The van der Waals surface area contributed by atoms with E-state index in [-0.39, 0.29) is 29.2 Å². The van der Waals surface area contributed by atoms with Crippen LogP contribution < -0.4 is 14.8 Å². The lowest BCUT2D eigenvalue weighted by Crippen LogP contribution is -2.14. The molecule has 3 aromatic carbocycles. The molecular formula is C25H19FN2O5. The Morgan fingerprint density at radius 2 is 1.88 bits per heavy atom. The van der Waals surface area contributed by atoms with Gasteiger partial charge < -0.3 is 19.9 Å². The maximum absolute atomic E-state index is 13.8. The molecule has 1 amide bonds. The average molecular weight is 446 g/mol. The summed E-state index contributed by atoms with van der Waals surface area (Å²) in [4.78, 5) is 23.6. The van der Waals surface area contributed by atoms with Crippen LogP contribution in [0.2, 0.25) is 0 Å². The molecule has 0 aliphatic carbocycles. The molecule has 0 fully saturated rings. The quantitative estimate of drug-likeness (QED) is 0.385. The van der Waals surface area contributed by atoms with Crippen molar-refractivity contribution in [3.05, 3.63) is 94.8 Å². The predicted octanol–water partition coefficient (Wildman–Crippen LogP) is 4.66. The lowest BCUT2D eigenvalue weighted by molar-refractivity contribution is -0.112. The van der Waals surface area contributed by atoms with E-state index in [0.717, 1.165) is 0 Å². The zero-order valence-electron chi connectivity index (χ0n) is 17.5. The Kier molecular flexibility index (Phi) is 7.39. The molecule has 0 saturated carbocycles. The monoisotopic (exact) mass is 446 g/mol. The molecule has 2 N–H and O–H groups in total. The fraction of sp³-hybridized carbons (Fsp3) is 0.0800. The second kappa shape index (κ2) is 10.6. The van der Waals surface area contributed by atoms with Crippen molar-refractivity contribution in [2.75, 3.05) is 12.4 Å². The Balaban J connectivity index is 1.77. The first-order valence-corrected chi connectivity index (χ1v) is 9.72. The van der Waals surface area contributed by atoms with Crippen molar-refractivity contribution in [3.63, 3.8) is 0 Å². The summed E-state index contributed by atoms with van der Waals surface area (Å²) in [7, 11) is 1.44. The molecule has 166 valence electrons. The van der Waals surface area contributed by atoms with Gasteiger partial charge in [-0.25, -0.2) is 9.18 Å². The number of carbonyl (C=O) groups excluding carboxylic acids is 1. The lowest BCUT2D eigenvalue weighted by Gasteiger charge is -2.12. The maximum atomic E-state index is 13.8. The molecule has 0 radical (unpaired) electrons. The van der Waals surface area contributed by atoms with Gasteiger partial charge in [0, 0.05) is 11.3 Å². The number of aromatic carboxylic acids is 1. The van der Waals surface area contributed by atoms with E-state index in [1.807, 2.05) is 6.07 Å². The number of ether oxygens (including phenoxy) is 2. The summed E-state index contributed by atoms with van der Waals surface area (Å²) in [5.74, 6) is -1.50. The van der Waals surface area contributed by atoms with E-state index in [2.05, 4.69) is 5.32 Å². The average Bonchev–Trinajstić information content (AvgIpc) is 2.82. The minimum Gasteiger partial charge on any atom is -0.493 e. The number of nitriles is 1. The highest BCUT2D eigenvalue weighted by Crippen LogP contribution is 2.30. The summed E-state index contributed by atoms with van der Waals surface area (Å²) < 4.78 is 24.8. The number of nitrogens with one attached hydrogen (secondary N) is 1. The van der Waals surface area contributed by atoms with Crippen LogP contribution in [0.4, 0.5) is 10.1 Å². The van der Waals surface area contributed by atoms with Crippen LogP contribution in [-0.2, 0) is 11.4 Å². The van der Waals surface area contributed by atoms with E-state index in [9.17, 15) is 19.2 Å². The van der Waals surface area contributed by atoms with Crippen molar-refractivity contribution < 1.29 is 28.6 Å². The molecule has 0 unspecified atom stereocenters. The Hall–Kier alpha value is -4.64. The van der Waals surface area contributed by atoms with Gasteiger partial charge in [0.1, 0.15) is 24.1 Å². The predicted molar refractivity (Wildman–Crippen MR) is 119 cm³/mol. The zero-order chi connectivity index (χ0) is 23.8. The molecule has 0 aliphatic heterocycles. The molecule has 0 spiro atoms. The minimum absolute atomic E-state index is 0.000518. The van der Waals surface area contributed by atoms with Crippen molar-refractivity contribution >= 4 is 23.6 Å². The van der Waals surface area contributed by atoms with Gasteiger partial charge in [-0.2, -0.15) is 5.26 Å². The van der Waals surface area contributed by atoms with Gasteiger partial charge in [0.05, 0.1) is 12.7 Å². The van der Waals surface area contributed by atoms with Crippen LogP contribution in [-0.4, -0.2) is 24.1 Å². The first-order chi connectivity index (χ1) is 15.9. The first-order valence-electron chi connectivity index (χ1n) is 9.72. The Labute approximate surface area is 189 Å². The summed E-state index contributed by atoms with van der Waals surface area (Å²) in [6.07, 6.45) is 1.36. The fourth-order valence-corrected chi connectivity index (χ4v) is 2.91. The van der Waals surface area contributed by atoms with E-state index in [1.54, 1.807) is 36.4 Å². The van der Waals surface area contributed by atoms with Crippen LogP contribution in [0.25, 0.3) is 6.08 Å². The van der Waals surface area contributed by atoms with E-state index in [4.69, 9.17) is 14.6 Å². The third kappa shape index (κ3) is 5.95. The van der Waals surface area contributed by atoms with Crippen LogP contribution in [0.1, 0.15) is 21.5 Å². The van der Waals surface area contributed by atoms with E-state index < -0.39 is 11.9 Å². The highest BCUT2D eigenvalue weighted by Gasteiger charge is 2.13. The van der Waals surface area contributed by atoms with Crippen molar-refractivity contribution in [2.45, 2.75) is 6.61 Å². The summed E-state index contributed by atoms with van der Waals surface area (Å²) in [6.45, 7) is -0.000518. The second-order valence-corrected chi connectivity index (χ2v) is 6.80.